The van der Waals surface area contributed by atoms with Crippen LogP contribution in [-0.4, -0.2) is 19.1 Å². The Morgan fingerprint density at radius 3 is 2.12 bits per heavy atom. The van der Waals surface area contributed by atoms with Gasteiger partial charge in [-0.2, -0.15) is 0 Å². The SMILES string of the molecule is Cc1ccc(-n2c(-c3cccc4c3[n-]c3ccccc34)nc3c(-c4[c-]c5c(cc4)c4c(C(C)(C)C)cc(C(C)(C)C)cc4n5-c4ccccn4)cccc32)cc1.[Pt+2]. The van der Waals surface area contributed by atoms with Crippen molar-refractivity contribution >= 4 is 54.6 Å². The zero-order valence-electron chi connectivity index (χ0n) is 33.3. The molecule has 0 saturated carbocycles. The average molecular weight is 921 g/mol. The summed E-state index contributed by atoms with van der Waals surface area (Å²) < 4.78 is 4.60. The minimum absolute atomic E-state index is 0. The van der Waals surface area contributed by atoms with E-state index in [1.165, 1.54) is 27.5 Å². The quantitative estimate of drug-likeness (QED) is 0.165. The fraction of sp³-hybridized carbons (Fsp3) is 0.176. The molecule has 0 saturated heterocycles. The molecule has 0 aliphatic heterocycles. The van der Waals surface area contributed by atoms with Crippen LogP contribution < -0.4 is 4.98 Å². The molecule has 4 aromatic heterocycles. The van der Waals surface area contributed by atoms with E-state index in [2.05, 4.69) is 185 Å². The first-order valence-electron chi connectivity index (χ1n) is 19.5. The van der Waals surface area contributed by atoms with E-state index in [-0.39, 0.29) is 31.9 Å². The standard InChI is InChI=1S/C51H43N5.Pt/c1-31-21-24-34(25-22-31)55-42-19-13-15-35(48(42)54-49(55)39-17-12-16-37-36-14-8-9-18-41(36)53-47(37)39)32-23-26-38-43(28-32)56(45-20-10-11-27-52-45)44-30-33(50(2,3)4)29-40(46(38)44)51(5,6)7;/h8-27,29-30H,1-7H3;/q-2;+2. The van der Waals surface area contributed by atoms with Gasteiger partial charge < -0.3 is 9.55 Å². The molecule has 0 bridgehead atoms. The fourth-order valence-electron chi connectivity index (χ4n) is 8.41. The molecular weight excluding hydrogens is 878 g/mol. The molecular formula is C51H43N5Pt. The molecule has 0 radical (unpaired) electrons. The van der Waals surface area contributed by atoms with Gasteiger partial charge in [-0.15, -0.1) is 34.8 Å². The molecule has 5 nitrogen and oxygen atoms in total. The van der Waals surface area contributed by atoms with E-state index >= 15 is 0 Å². The average Bonchev–Trinajstić information content (AvgIpc) is 3.87. The molecule has 282 valence electrons. The maximum absolute atomic E-state index is 5.55. The predicted octanol–water partition coefficient (Wildman–Crippen LogP) is 12.8. The Morgan fingerprint density at radius 1 is 0.632 bits per heavy atom. The van der Waals surface area contributed by atoms with Gasteiger partial charge in [0.2, 0.25) is 0 Å². The number of imidazole rings is 1. The zero-order valence-corrected chi connectivity index (χ0v) is 35.5. The van der Waals surface area contributed by atoms with Crippen molar-refractivity contribution in [2.24, 2.45) is 0 Å². The van der Waals surface area contributed by atoms with Crippen molar-refractivity contribution in [2.75, 3.05) is 0 Å². The summed E-state index contributed by atoms with van der Waals surface area (Å²) in [5.74, 6) is 1.73. The molecule has 10 aromatic rings. The van der Waals surface area contributed by atoms with Gasteiger partial charge in [-0.1, -0.05) is 137 Å². The van der Waals surface area contributed by atoms with E-state index in [4.69, 9.17) is 15.0 Å². The van der Waals surface area contributed by atoms with E-state index in [1.807, 2.05) is 12.3 Å². The van der Waals surface area contributed by atoms with Crippen molar-refractivity contribution in [2.45, 2.75) is 59.3 Å². The first kappa shape index (κ1) is 36.8. The van der Waals surface area contributed by atoms with Gasteiger partial charge in [0.25, 0.3) is 0 Å². The summed E-state index contributed by atoms with van der Waals surface area (Å²) in [6.45, 7) is 15.9. The van der Waals surface area contributed by atoms with Gasteiger partial charge in [-0.25, -0.2) is 9.97 Å². The van der Waals surface area contributed by atoms with Gasteiger partial charge >= 0.3 is 21.1 Å². The Balaban J connectivity index is 0.00000422. The molecule has 0 spiro atoms. The second-order valence-electron chi connectivity index (χ2n) is 17.2. The Kier molecular flexibility index (Phi) is 8.68. The summed E-state index contributed by atoms with van der Waals surface area (Å²) in [7, 11) is 0. The molecule has 57 heavy (non-hydrogen) atoms. The van der Waals surface area contributed by atoms with Gasteiger partial charge in [0, 0.05) is 23.0 Å². The van der Waals surface area contributed by atoms with Gasteiger partial charge in [0.05, 0.1) is 11.0 Å². The maximum Gasteiger partial charge on any atom is 2.00 e. The second-order valence-corrected chi connectivity index (χ2v) is 17.2. The Hall–Kier alpha value is -5.77. The van der Waals surface area contributed by atoms with Crippen LogP contribution in [0.2, 0.25) is 0 Å². The van der Waals surface area contributed by atoms with Crippen LogP contribution in [0, 0.1) is 13.0 Å². The molecule has 0 fully saturated rings. The first-order valence-corrected chi connectivity index (χ1v) is 19.5. The maximum atomic E-state index is 5.55. The number of aromatic nitrogens is 5. The number of hydrogen-bond acceptors (Lipinski definition) is 2. The van der Waals surface area contributed by atoms with E-state index in [1.54, 1.807) is 0 Å². The van der Waals surface area contributed by atoms with Gasteiger partial charge in [0.1, 0.15) is 11.6 Å². The molecule has 6 heteroatoms. The predicted molar refractivity (Wildman–Crippen MR) is 233 cm³/mol. The van der Waals surface area contributed by atoms with Crippen molar-refractivity contribution in [3.05, 3.63) is 156 Å². The number of fused-ring (bicyclic) bond motifs is 7. The molecule has 0 aliphatic carbocycles. The molecule has 0 amide bonds. The zero-order chi connectivity index (χ0) is 38.5. The smallest absolute Gasteiger partial charge is 0.656 e. The number of aryl methyl sites for hydroxylation is 1. The fourth-order valence-corrected chi connectivity index (χ4v) is 8.41. The van der Waals surface area contributed by atoms with Crippen molar-refractivity contribution in [1.29, 1.82) is 0 Å². The number of hydrogen-bond donors (Lipinski definition) is 0. The molecule has 6 aromatic carbocycles. The van der Waals surface area contributed by atoms with Crippen LogP contribution in [-0.2, 0) is 31.9 Å². The van der Waals surface area contributed by atoms with Crippen molar-refractivity contribution < 1.29 is 21.1 Å². The molecule has 0 aliphatic rings. The van der Waals surface area contributed by atoms with Gasteiger partial charge in [0.15, 0.2) is 0 Å². The largest absolute Gasteiger partial charge is 2.00 e. The van der Waals surface area contributed by atoms with E-state index in [9.17, 15) is 0 Å². The number of para-hydroxylation sites is 3. The van der Waals surface area contributed by atoms with Crippen LogP contribution in [0.15, 0.2) is 134 Å². The van der Waals surface area contributed by atoms with Crippen LogP contribution in [0.5, 0.6) is 0 Å². The Labute approximate surface area is 347 Å². The van der Waals surface area contributed by atoms with Gasteiger partial charge in [-0.3, -0.25) is 4.57 Å². The van der Waals surface area contributed by atoms with Crippen LogP contribution >= 0.6 is 0 Å². The number of benzene rings is 6. The van der Waals surface area contributed by atoms with E-state index in [0.29, 0.717) is 0 Å². The van der Waals surface area contributed by atoms with E-state index < -0.39 is 0 Å². The number of rotatable bonds is 4. The first-order chi connectivity index (χ1) is 27.0. The van der Waals surface area contributed by atoms with Crippen molar-refractivity contribution in [3.8, 4) is 34.0 Å². The topological polar surface area (TPSA) is 49.7 Å². The third kappa shape index (κ3) is 5.94. The minimum atomic E-state index is -0.0858. The molecule has 0 atom stereocenters. The molecule has 0 unspecified atom stereocenters. The Bertz CT molecular complexity index is 3150. The van der Waals surface area contributed by atoms with Gasteiger partial charge in [-0.05, 0) is 87.0 Å². The summed E-state index contributed by atoms with van der Waals surface area (Å²) in [5.41, 5.74) is 13.8. The second kappa shape index (κ2) is 13.4. The molecule has 10 rings (SSSR count). The number of pyridine rings is 1. The number of nitrogens with zero attached hydrogens (tertiary/aromatic N) is 5. The van der Waals surface area contributed by atoms with E-state index in [0.717, 1.165) is 77.9 Å². The van der Waals surface area contributed by atoms with Crippen LogP contribution in [0.1, 0.15) is 58.2 Å². The van der Waals surface area contributed by atoms with Crippen molar-refractivity contribution in [1.82, 2.24) is 24.1 Å². The van der Waals surface area contributed by atoms with Crippen molar-refractivity contribution in [3.63, 3.8) is 0 Å². The van der Waals surface area contributed by atoms with Crippen LogP contribution in [0.4, 0.5) is 0 Å². The summed E-state index contributed by atoms with van der Waals surface area (Å²) in [4.78, 5) is 15.6. The third-order valence-corrected chi connectivity index (χ3v) is 11.3. The monoisotopic (exact) mass is 920 g/mol. The summed E-state index contributed by atoms with van der Waals surface area (Å²) in [6, 6.07) is 49.4. The molecule has 0 N–H and O–H groups in total. The van der Waals surface area contributed by atoms with Crippen LogP contribution in [0.25, 0.3) is 88.7 Å². The summed E-state index contributed by atoms with van der Waals surface area (Å²) in [5, 5.41) is 4.70. The summed E-state index contributed by atoms with van der Waals surface area (Å²) in [6.07, 6.45) is 1.88. The minimum Gasteiger partial charge on any atom is -0.656 e. The molecule has 4 heterocycles. The third-order valence-electron chi connectivity index (χ3n) is 11.3. The summed E-state index contributed by atoms with van der Waals surface area (Å²) >= 11 is 0. The Morgan fingerprint density at radius 2 is 1.37 bits per heavy atom. The normalized spacial score (nSPS) is 12.3. The van der Waals surface area contributed by atoms with Crippen LogP contribution in [0.3, 0.4) is 0 Å².